The molecule has 31 heavy (non-hydrogen) atoms. The lowest BCUT2D eigenvalue weighted by Crippen LogP contribution is -2.47. The van der Waals surface area contributed by atoms with E-state index in [4.69, 9.17) is 27.6 Å². The number of hydrogen-bond acceptors (Lipinski definition) is 6. The number of nitrogens with two attached hydrogens (primary N) is 4. The molecule has 0 unspecified atom stereocenters. The van der Waals surface area contributed by atoms with Gasteiger partial charge in [-0.1, -0.05) is 18.2 Å². The Kier molecular flexibility index (Phi) is 6.51. The van der Waals surface area contributed by atoms with Crippen LogP contribution in [0.2, 0.25) is 0 Å². The lowest BCUT2D eigenvalue weighted by molar-refractivity contribution is 0.0694. The fraction of sp³-hybridized carbons (Fsp3) is 0.211. The number of carbonyl (C=O) groups is 1. The van der Waals surface area contributed by atoms with Gasteiger partial charge >= 0.3 is 13.1 Å². The zero-order valence-corrected chi connectivity index (χ0v) is 16.7. The molecule has 0 saturated heterocycles. The molecule has 3 rings (SSSR count). The molecule has 11 nitrogen and oxygen atoms in total. The summed E-state index contributed by atoms with van der Waals surface area (Å²) in [6, 6.07) is 10.3. The Labute approximate surface area is 178 Å². The average molecular weight is 425 g/mol. The first-order chi connectivity index (χ1) is 14.7. The second kappa shape index (κ2) is 9.26. The Morgan fingerprint density at radius 1 is 1.10 bits per heavy atom. The lowest BCUT2D eigenvalue weighted by Gasteiger charge is -2.29. The number of benzene rings is 2. The summed E-state index contributed by atoms with van der Waals surface area (Å²) in [5.41, 5.74) is 24.8. The van der Waals surface area contributed by atoms with Crippen LogP contribution >= 0.6 is 0 Å². The van der Waals surface area contributed by atoms with Crippen molar-refractivity contribution in [2.45, 2.75) is 25.5 Å². The minimum atomic E-state index is -1.24. The van der Waals surface area contributed by atoms with Crippen molar-refractivity contribution in [2.75, 3.05) is 5.32 Å². The Hall–Kier alpha value is -3.93. The summed E-state index contributed by atoms with van der Waals surface area (Å²) >= 11 is 0. The monoisotopic (exact) mass is 425 g/mol. The van der Waals surface area contributed by atoms with Gasteiger partial charge in [0.1, 0.15) is 5.75 Å². The molecule has 0 aliphatic carbocycles. The van der Waals surface area contributed by atoms with Crippen LogP contribution in [0.3, 0.4) is 0 Å². The molecule has 11 N–H and O–H groups in total. The van der Waals surface area contributed by atoms with E-state index in [9.17, 15) is 14.9 Å². The molecule has 0 saturated carbocycles. The number of fused-ring (bicyclic) bond motifs is 1. The van der Waals surface area contributed by atoms with Crippen LogP contribution < -0.4 is 32.9 Å². The molecule has 0 spiro atoms. The Morgan fingerprint density at radius 3 is 2.42 bits per heavy atom. The zero-order valence-electron chi connectivity index (χ0n) is 16.7. The maximum absolute atomic E-state index is 11.4. The van der Waals surface area contributed by atoms with Crippen molar-refractivity contribution in [3.05, 3.63) is 58.7 Å². The number of nitrogens with zero attached hydrogens (tertiary/aromatic N) is 2. The van der Waals surface area contributed by atoms with E-state index in [1.807, 2.05) is 18.2 Å². The van der Waals surface area contributed by atoms with Gasteiger partial charge in [0, 0.05) is 5.69 Å². The molecular weight excluding hydrogens is 401 g/mol. The molecule has 0 bridgehead atoms. The number of guanidine groups is 2. The molecule has 0 aromatic heterocycles. The third-order valence-corrected chi connectivity index (χ3v) is 4.77. The van der Waals surface area contributed by atoms with Crippen molar-refractivity contribution >= 4 is 30.7 Å². The van der Waals surface area contributed by atoms with Crippen LogP contribution in [0.15, 0.2) is 46.4 Å². The molecule has 1 aliphatic rings. The Balaban J connectivity index is 1.84. The normalized spacial score (nSPS) is 14.7. The molecule has 1 heterocycles. The zero-order chi connectivity index (χ0) is 22.5. The number of carboxylic acids is 1. The van der Waals surface area contributed by atoms with E-state index in [-0.39, 0.29) is 36.3 Å². The summed E-state index contributed by atoms with van der Waals surface area (Å²) in [6.07, 6.45) is 0.372. The first-order valence-corrected chi connectivity index (χ1v) is 9.43. The molecule has 162 valence electrons. The highest BCUT2D eigenvalue weighted by Crippen LogP contribution is 2.31. The van der Waals surface area contributed by atoms with Crippen LogP contribution in [-0.4, -0.2) is 41.1 Å². The van der Waals surface area contributed by atoms with Crippen LogP contribution in [0.25, 0.3) is 0 Å². The molecule has 2 aromatic carbocycles. The third kappa shape index (κ3) is 5.37. The standard InChI is InChI=1S/C19H24BN7O4/c21-18(22)25-8-11-4-5-13(6-12(11)9-26-19(23)24)27-15-7-10-2-1-3-14(17(28)29)16(10)31-20(15)30/h1-6,15,27,30H,7-9H2,(H,28,29)(H4,21,22,25)(H4,23,24,26)/t15-/m0/s1. The molecule has 0 fully saturated rings. The summed E-state index contributed by atoms with van der Waals surface area (Å²) in [6.45, 7) is 0.486. The van der Waals surface area contributed by atoms with Crippen LogP contribution in [0.1, 0.15) is 27.0 Å². The van der Waals surface area contributed by atoms with E-state index in [0.717, 1.165) is 11.1 Å². The van der Waals surface area contributed by atoms with Gasteiger partial charge < -0.3 is 43.0 Å². The van der Waals surface area contributed by atoms with Gasteiger partial charge in [-0.2, -0.15) is 0 Å². The highest BCUT2D eigenvalue weighted by molar-refractivity contribution is 6.47. The molecule has 1 aliphatic heterocycles. The number of para-hydroxylation sites is 1. The SMILES string of the molecule is NC(N)=NCc1ccc(N[C@H]2Cc3cccc(C(=O)O)c3OB2O)cc1CN=C(N)N. The van der Waals surface area contributed by atoms with Crippen molar-refractivity contribution in [3.8, 4) is 5.75 Å². The maximum atomic E-state index is 11.4. The topological polar surface area (TPSA) is 208 Å². The fourth-order valence-electron chi connectivity index (χ4n) is 3.30. The summed E-state index contributed by atoms with van der Waals surface area (Å²) < 4.78 is 5.52. The molecule has 0 radical (unpaired) electrons. The second-order valence-electron chi connectivity index (χ2n) is 7.03. The van der Waals surface area contributed by atoms with E-state index in [1.165, 1.54) is 6.07 Å². The highest BCUT2D eigenvalue weighted by atomic mass is 16.5. The average Bonchev–Trinajstić information content (AvgIpc) is 2.71. The van der Waals surface area contributed by atoms with Gasteiger partial charge in [0.2, 0.25) is 0 Å². The van der Waals surface area contributed by atoms with Crippen molar-refractivity contribution in [2.24, 2.45) is 32.9 Å². The largest absolute Gasteiger partial charge is 0.546 e. The van der Waals surface area contributed by atoms with E-state index in [2.05, 4.69) is 15.3 Å². The highest BCUT2D eigenvalue weighted by Gasteiger charge is 2.36. The number of aromatic carboxylic acids is 1. The lowest BCUT2D eigenvalue weighted by atomic mass is 9.72. The maximum Gasteiger partial charge on any atom is 0.546 e. The second-order valence-corrected chi connectivity index (χ2v) is 7.03. The smallest absolute Gasteiger partial charge is 0.534 e. The van der Waals surface area contributed by atoms with Gasteiger partial charge in [-0.3, -0.25) is 0 Å². The van der Waals surface area contributed by atoms with Crippen molar-refractivity contribution in [1.29, 1.82) is 0 Å². The number of carboxylic acid groups (broad SMARTS) is 1. The minimum Gasteiger partial charge on any atom is -0.534 e. The van der Waals surface area contributed by atoms with Crippen molar-refractivity contribution in [3.63, 3.8) is 0 Å². The quantitative estimate of drug-likeness (QED) is 0.171. The van der Waals surface area contributed by atoms with Crippen molar-refractivity contribution in [1.82, 2.24) is 0 Å². The molecule has 2 aromatic rings. The fourth-order valence-corrected chi connectivity index (χ4v) is 3.30. The van der Waals surface area contributed by atoms with E-state index >= 15 is 0 Å². The van der Waals surface area contributed by atoms with Crippen LogP contribution in [0, 0.1) is 0 Å². The number of hydrogen-bond donors (Lipinski definition) is 7. The molecular formula is C19H24BN7O4. The molecule has 1 atom stereocenters. The Bertz CT molecular complexity index is 1040. The molecule has 12 heteroatoms. The number of rotatable bonds is 7. The van der Waals surface area contributed by atoms with Crippen molar-refractivity contribution < 1.29 is 19.6 Å². The minimum absolute atomic E-state index is 0.0126. The molecule has 0 amide bonds. The number of nitrogens with one attached hydrogen (secondary N) is 1. The van der Waals surface area contributed by atoms with Gasteiger partial charge in [0.15, 0.2) is 11.9 Å². The number of anilines is 1. The summed E-state index contributed by atoms with van der Waals surface area (Å²) in [4.78, 5) is 19.5. The Morgan fingerprint density at radius 2 is 1.77 bits per heavy atom. The third-order valence-electron chi connectivity index (χ3n) is 4.77. The van der Waals surface area contributed by atoms with Crippen LogP contribution in [-0.2, 0) is 19.5 Å². The summed E-state index contributed by atoms with van der Waals surface area (Å²) in [5, 5.41) is 23.0. The van der Waals surface area contributed by atoms with Gasteiger partial charge in [-0.05, 0) is 41.3 Å². The van der Waals surface area contributed by atoms with Gasteiger partial charge in [0.05, 0.1) is 24.6 Å². The predicted octanol–water partition coefficient (Wildman–Crippen LogP) is -0.633. The predicted molar refractivity (Wildman–Crippen MR) is 119 cm³/mol. The first kappa shape index (κ1) is 21.8. The summed E-state index contributed by atoms with van der Waals surface area (Å²) in [5.74, 6) is -1.52. The first-order valence-electron chi connectivity index (χ1n) is 9.43. The summed E-state index contributed by atoms with van der Waals surface area (Å²) in [7, 11) is -1.24. The van der Waals surface area contributed by atoms with E-state index in [1.54, 1.807) is 12.1 Å². The van der Waals surface area contributed by atoms with E-state index < -0.39 is 19.0 Å². The van der Waals surface area contributed by atoms with Crippen LogP contribution in [0.5, 0.6) is 5.75 Å². The van der Waals surface area contributed by atoms with Gasteiger partial charge in [0.25, 0.3) is 0 Å². The van der Waals surface area contributed by atoms with E-state index in [0.29, 0.717) is 17.7 Å². The van der Waals surface area contributed by atoms with Crippen LogP contribution in [0.4, 0.5) is 5.69 Å². The van der Waals surface area contributed by atoms with Gasteiger partial charge in [-0.15, -0.1) is 0 Å². The number of aliphatic imine (C=N–C) groups is 2. The van der Waals surface area contributed by atoms with Gasteiger partial charge in [-0.25, -0.2) is 14.8 Å².